The highest BCUT2D eigenvalue weighted by Gasteiger charge is 2.32. The third-order valence-electron chi connectivity index (χ3n) is 1.90. The average molecular weight is 341 g/mol. The van der Waals surface area contributed by atoms with Crippen LogP contribution in [0.3, 0.4) is 0 Å². The zero-order valence-corrected chi connectivity index (χ0v) is 10.5. The van der Waals surface area contributed by atoms with Crippen LogP contribution in [0.4, 0.5) is 22.0 Å². The van der Waals surface area contributed by atoms with E-state index in [4.69, 9.17) is 5.73 Å². The molecule has 8 heteroatoms. The van der Waals surface area contributed by atoms with Gasteiger partial charge in [0, 0.05) is 4.47 Å². The predicted octanol–water partition coefficient (Wildman–Crippen LogP) is 4.15. The number of alkyl halides is 5. The van der Waals surface area contributed by atoms with E-state index in [1.807, 2.05) is 0 Å². The van der Waals surface area contributed by atoms with Gasteiger partial charge in [-0.3, -0.25) is 0 Å². The average Bonchev–Trinajstić information content (AvgIpc) is 2.14. The third kappa shape index (κ3) is 4.40. The highest BCUT2D eigenvalue weighted by atomic mass is 79.9. The van der Waals surface area contributed by atoms with Crippen molar-refractivity contribution in [2.45, 2.75) is 18.6 Å². The van der Waals surface area contributed by atoms with Crippen LogP contribution in [0.15, 0.2) is 22.7 Å². The van der Waals surface area contributed by atoms with Gasteiger partial charge < -0.3 is 5.73 Å². The minimum absolute atomic E-state index is 0. The molecule has 1 aromatic carbocycles. The second-order valence-electron chi connectivity index (χ2n) is 3.13. The lowest BCUT2D eigenvalue weighted by Crippen LogP contribution is -2.19. The second kappa shape index (κ2) is 5.97. The summed E-state index contributed by atoms with van der Waals surface area (Å²) >= 11 is 2.82. The van der Waals surface area contributed by atoms with Crippen LogP contribution in [0, 0.1) is 0 Å². The lowest BCUT2D eigenvalue weighted by atomic mass is 10.0. The minimum Gasteiger partial charge on any atom is -0.319 e. The molecule has 0 aromatic heterocycles. The normalized spacial score (nSPS) is 13.4. The van der Waals surface area contributed by atoms with Crippen molar-refractivity contribution in [1.82, 2.24) is 0 Å². The van der Waals surface area contributed by atoms with E-state index in [-0.39, 0.29) is 22.4 Å². The molecule has 0 aliphatic rings. The molecule has 1 aromatic rings. The molecule has 98 valence electrons. The van der Waals surface area contributed by atoms with Crippen molar-refractivity contribution < 1.29 is 22.0 Å². The maximum Gasteiger partial charge on any atom is 0.416 e. The first-order valence-corrected chi connectivity index (χ1v) is 4.92. The molecule has 17 heavy (non-hydrogen) atoms. The van der Waals surface area contributed by atoms with Gasteiger partial charge in [-0.2, -0.15) is 13.2 Å². The van der Waals surface area contributed by atoms with Gasteiger partial charge in [0.05, 0.1) is 11.6 Å². The molecule has 0 bridgehead atoms. The third-order valence-corrected chi connectivity index (χ3v) is 2.36. The van der Waals surface area contributed by atoms with Crippen LogP contribution in [-0.2, 0) is 6.18 Å². The van der Waals surface area contributed by atoms with Crippen molar-refractivity contribution in [2.24, 2.45) is 5.73 Å². The molecule has 0 aliphatic carbocycles. The van der Waals surface area contributed by atoms with Crippen molar-refractivity contribution in [3.8, 4) is 0 Å². The molecular weight excluding hydrogens is 332 g/mol. The van der Waals surface area contributed by atoms with Crippen LogP contribution in [0.25, 0.3) is 0 Å². The van der Waals surface area contributed by atoms with Crippen LogP contribution in [-0.4, -0.2) is 6.43 Å². The Bertz CT molecular complexity index is 382. The Kier molecular flexibility index (Phi) is 5.83. The smallest absolute Gasteiger partial charge is 0.319 e. The molecule has 0 aliphatic heterocycles. The number of nitrogens with two attached hydrogens (primary N) is 1. The first-order chi connectivity index (χ1) is 7.21. The number of hydrogen-bond donors (Lipinski definition) is 1. The Balaban J connectivity index is 0.00000256. The summed E-state index contributed by atoms with van der Waals surface area (Å²) in [6.07, 6.45) is -7.49. The van der Waals surface area contributed by atoms with Crippen molar-refractivity contribution in [2.75, 3.05) is 0 Å². The molecule has 2 N–H and O–H groups in total. The molecule has 0 amide bonds. The summed E-state index contributed by atoms with van der Waals surface area (Å²) in [5.41, 5.74) is 3.82. The highest BCUT2D eigenvalue weighted by Crippen LogP contribution is 2.33. The zero-order chi connectivity index (χ0) is 12.5. The number of rotatable bonds is 2. The number of benzene rings is 1. The van der Waals surface area contributed by atoms with Crippen LogP contribution in [0.1, 0.15) is 17.2 Å². The molecule has 0 fully saturated rings. The van der Waals surface area contributed by atoms with Gasteiger partial charge in [-0.15, -0.1) is 12.4 Å². The number of hydrogen-bond acceptors (Lipinski definition) is 1. The zero-order valence-electron chi connectivity index (χ0n) is 8.14. The fourth-order valence-corrected chi connectivity index (χ4v) is 1.62. The Morgan fingerprint density at radius 1 is 1.12 bits per heavy atom. The monoisotopic (exact) mass is 339 g/mol. The molecule has 0 radical (unpaired) electrons. The van der Waals surface area contributed by atoms with Crippen LogP contribution >= 0.6 is 28.3 Å². The van der Waals surface area contributed by atoms with E-state index in [2.05, 4.69) is 15.9 Å². The molecule has 0 saturated heterocycles. The van der Waals surface area contributed by atoms with E-state index in [1.54, 1.807) is 0 Å². The van der Waals surface area contributed by atoms with Gasteiger partial charge in [0.15, 0.2) is 0 Å². The second-order valence-corrected chi connectivity index (χ2v) is 4.05. The molecule has 1 atom stereocenters. The van der Waals surface area contributed by atoms with E-state index < -0.39 is 24.2 Å². The van der Waals surface area contributed by atoms with Crippen molar-refractivity contribution in [3.63, 3.8) is 0 Å². The minimum atomic E-state index is -4.58. The van der Waals surface area contributed by atoms with E-state index >= 15 is 0 Å². The summed E-state index contributed by atoms with van der Waals surface area (Å²) in [5, 5.41) is 0. The maximum atomic E-state index is 12.4. The first kappa shape index (κ1) is 16.6. The summed E-state index contributed by atoms with van der Waals surface area (Å²) < 4.78 is 61.7. The molecule has 1 rings (SSSR count). The van der Waals surface area contributed by atoms with E-state index in [9.17, 15) is 22.0 Å². The fourth-order valence-electron chi connectivity index (χ4n) is 1.11. The summed E-state index contributed by atoms with van der Waals surface area (Å²) in [6, 6.07) is 0.855. The van der Waals surface area contributed by atoms with Crippen LogP contribution < -0.4 is 5.73 Å². The van der Waals surface area contributed by atoms with Crippen molar-refractivity contribution in [3.05, 3.63) is 33.8 Å². The fraction of sp³-hybridized carbons (Fsp3) is 0.333. The quantitative estimate of drug-likeness (QED) is 0.804. The largest absolute Gasteiger partial charge is 0.416 e. The van der Waals surface area contributed by atoms with E-state index in [1.165, 1.54) is 0 Å². The Labute approximate surface area is 109 Å². The van der Waals surface area contributed by atoms with E-state index in [0.717, 1.165) is 12.1 Å². The van der Waals surface area contributed by atoms with E-state index in [0.29, 0.717) is 6.07 Å². The topological polar surface area (TPSA) is 26.0 Å². The standard InChI is InChI=1S/C9H7BrF5N.ClH/c10-6-2-4(7(16)8(11)12)1-5(3-6)9(13,14)15;/h1-3,7-8H,16H2;1H/t7-;/m0./s1. The lowest BCUT2D eigenvalue weighted by Gasteiger charge is -2.14. The molecular formula is C9H8BrClF5N. The molecule has 0 saturated carbocycles. The Morgan fingerprint density at radius 2 is 1.65 bits per heavy atom. The summed E-state index contributed by atoms with van der Waals surface area (Å²) in [7, 11) is 0. The first-order valence-electron chi connectivity index (χ1n) is 4.13. The van der Waals surface area contributed by atoms with Gasteiger partial charge in [-0.1, -0.05) is 15.9 Å². The maximum absolute atomic E-state index is 12.4. The summed E-state index contributed by atoms with van der Waals surface area (Å²) in [4.78, 5) is 0. The molecule has 1 nitrogen and oxygen atoms in total. The van der Waals surface area contributed by atoms with Gasteiger partial charge >= 0.3 is 6.18 Å². The summed E-state index contributed by atoms with van der Waals surface area (Å²) in [6.45, 7) is 0. The predicted molar refractivity (Wildman–Crippen MR) is 59.3 cm³/mol. The van der Waals surface area contributed by atoms with Crippen LogP contribution in [0.5, 0.6) is 0 Å². The van der Waals surface area contributed by atoms with Crippen molar-refractivity contribution in [1.29, 1.82) is 0 Å². The Morgan fingerprint density at radius 3 is 2.06 bits per heavy atom. The molecule has 0 heterocycles. The lowest BCUT2D eigenvalue weighted by molar-refractivity contribution is -0.137. The van der Waals surface area contributed by atoms with Gasteiger partial charge in [0.25, 0.3) is 6.43 Å². The highest BCUT2D eigenvalue weighted by molar-refractivity contribution is 9.10. The SMILES string of the molecule is Cl.N[C@@H](c1cc(Br)cc(C(F)(F)F)c1)C(F)F. The van der Waals surface area contributed by atoms with Gasteiger partial charge in [0.2, 0.25) is 0 Å². The van der Waals surface area contributed by atoms with Gasteiger partial charge in [0.1, 0.15) is 0 Å². The van der Waals surface area contributed by atoms with Gasteiger partial charge in [-0.05, 0) is 23.8 Å². The summed E-state index contributed by atoms with van der Waals surface area (Å²) in [5.74, 6) is 0. The molecule has 0 spiro atoms. The van der Waals surface area contributed by atoms with Crippen molar-refractivity contribution >= 4 is 28.3 Å². The van der Waals surface area contributed by atoms with Gasteiger partial charge in [-0.25, -0.2) is 8.78 Å². The van der Waals surface area contributed by atoms with Crippen LogP contribution in [0.2, 0.25) is 0 Å². The Hall–Kier alpha value is -0.400. The number of halogens is 7. The molecule has 0 unspecified atom stereocenters.